The minimum Gasteiger partial charge on any atom is -0.463 e. The van der Waals surface area contributed by atoms with Gasteiger partial charge in [0.15, 0.2) is 0 Å². The third-order valence-corrected chi connectivity index (χ3v) is 4.16. The molecule has 0 aliphatic heterocycles. The Kier molecular flexibility index (Phi) is 23.3. The molecule has 0 spiro atoms. The van der Waals surface area contributed by atoms with Gasteiger partial charge in [0.1, 0.15) is 0 Å². The number of rotatable bonds is 23. The first-order valence-corrected chi connectivity index (χ1v) is 10.9. The summed E-state index contributed by atoms with van der Waals surface area (Å²) in [6.07, 6.45) is 12.0. The zero-order chi connectivity index (χ0) is 20.5. The summed E-state index contributed by atoms with van der Waals surface area (Å²) in [4.78, 5) is 10.9. The van der Waals surface area contributed by atoms with Crippen molar-refractivity contribution >= 4 is 5.97 Å². The SMILES string of the molecule is C=CC(=O)OCCCCCCCCCCCOCCOCCOCCOCC. The van der Waals surface area contributed by atoms with Gasteiger partial charge in [0.2, 0.25) is 0 Å². The van der Waals surface area contributed by atoms with Crippen LogP contribution >= 0.6 is 0 Å². The summed E-state index contributed by atoms with van der Waals surface area (Å²) < 4.78 is 26.5. The maximum absolute atomic E-state index is 10.9. The van der Waals surface area contributed by atoms with Gasteiger partial charge in [-0.1, -0.05) is 51.5 Å². The molecule has 0 rings (SSSR count). The molecule has 0 unspecified atom stereocenters. The third kappa shape index (κ3) is 23.1. The molecule has 0 aliphatic carbocycles. The van der Waals surface area contributed by atoms with E-state index >= 15 is 0 Å². The molecule has 0 fully saturated rings. The second-order valence-corrected chi connectivity index (χ2v) is 6.59. The first-order chi connectivity index (χ1) is 13.8. The Bertz CT molecular complexity index is 335. The predicted octanol–water partition coefficient (Wildman–Crippen LogP) is 4.31. The van der Waals surface area contributed by atoms with Crippen LogP contribution in [0.25, 0.3) is 0 Å². The van der Waals surface area contributed by atoms with Crippen molar-refractivity contribution in [2.24, 2.45) is 0 Å². The van der Waals surface area contributed by atoms with Crippen molar-refractivity contribution in [3.63, 3.8) is 0 Å². The quantitative estimate of drug-likeness (QED) is 0.144. The summed E-state index contributed by atoms with van der Waals surface area (Å²) in [5.74, 6) is -0.324. The van der Waals surface area contributed by atoms with E-state index in [2.05, 4.69) is 6.58 Å². The summed E-state index contributed by atoms with van der Waals surface area (Å²) in [6.45, 7) is 11.2. The van der Waals surface area contributed by atoms with E-state index in [0.29, 0.717) is 46.2 Å². The molecule has 0 amide bonds. The molecule has 0 saturated heterocycles. The van der Waals surface area contributed by atoms with Crippen LogP contribution in [-0.2, 0) is 28.5 Å². The number of esters is 1. The van der Waals surface area contributed by atoms with Gasteiger partial charge in [-0.2, -0.15) is 0 Å². The van der Waals surface area contributed by atoms with Gasteiger partial charge in [0, 0.05) is 19.3 Å². The lowest BCUT2D eigenvalue weighted by Crippen LogP contribution is -2.12. The molecule has 0 saturated carbocycles. The summed E-state index contributed by atoms with van der Waals surface area (Å²) in [6, 6.07) is 0. The van der Waals surface area contributed by atoms with Crippen molar-refractivity contribution in [1.82, 2.24) is 0 Å². The summed E-state index contributed by atoms with van der Waals surface area (Å²) in [5, 5.41) is 0. The van der Waals surface area contributed by atoms with Crippen LogP contribution in [0.4, 0.5) is 0 Å². The molecule has 166 valence electrons. The third-order valence-electron chi connectivity index (χ3n) is 4.16. The highest BCUT2D eigenvalue weighted by Crippen LogP contribution is 2.09. The fourth-order valence-electron chi connectivity index (χ4n) is 2.58. The van der Waals surface area contributed by atoms with E-state index in [9.17, 15) is 4.79 Å². The van der Waals surface area contributed by atoms with E-state index in [1.165, 1.54) is 44.6 Å². The zero-order valence-electron chi connectivity index (χ0n) is 18.0. The molecule has 0 aromatic rings. The van der Waals surface area contributed by atoms with Gasteiger partial charge in [0.05, 0.1) is 46.2 Å². The molecule has 0 radical (unpaired) electrons. The van der Waals surface area contributed by atoms with Gasteiger partial charge in [-0.15, -0.1) is 0 Å². The Morgan fingerprint density at radius 1 is 0.607 bits per heavy atom. The van der Waals surface area contributed by atoms with Gasteiger partial charge in [-0.25, -0.2) is 4.79 Å². The maximum atomic E-state index is 10.9. The number of ether oxygens (including phenoxy) is 5. The van der Waals surface area contributed by atoms with Gasteiger partial charge >= 0.3 is 5.97 Å². The maximum Gasteiger partial charge on any atom is 0.330 e. The van der Waals surface area contributed by atoms with Gasteiger partial charge < -0.3 is 23.7 Å². The monoisotopic (exact) mass is 402 g/mol. The van der Waals surface area contributed by atoms with Crippen LogP contribution in [0.2, 0.25) is 0 Å². The molecule has 0 N–H and O–H groups in total. The van der Waals surface area contributed by atoms with Crippen molar-refractivity contribution in [3.8, 4) is 0 Å². The number of carbonyl (C=O) groups is 1. The molecular weight excluding hydrogens is 360 g/mol. The van der Waals surface area contributed by atoms with Gasteiger partial charge in [0.25, 0.3) is 0 Å². The first kappa shape index (κ1) is 27.0. The van der Waals surface area contributed by atoms with E-state index in [4.69, 9.17) is 23.7 Å². The Morgan fingerprint density at radius 3 is 1.46 bits per heavy atom. The second kappa shape index (κ2) is 24.1. The predicted molar refractivity (Wildman–Crippen MR) is 112 cm³/mol. The molecule has 28 heavy (non-hydrogen) atoms. The molecule has 0 heterocycles. The molecule has 0 aliphatic rings. The Morgan fingerprint density at radius 2 is 1.00 bits per heavy atom. The normalized spacial score (nSPS) is 10.9. The van der Waals surface area contributed by atoms with Crippen molar-refractivity contribution in [1.29, 1.82) is 0 Å². The number of hydrogen-bond acceptors (Lipinski definition) is 6. The average molecular weight is 403 g/mol. The van der Waals surface area contributed by atoms with Crippen LogP contribution in [0.5, 0.6) is 0 Å². The fraction of sp³-hybridized carbons (Fsp3) is 0.864. The number of hydrogen-bond donors (Lipinski definition) is 0. The average Bonchev–Trinajstić information content (AvgIpc) is 2.71. The summed E-state index contributed by atoms with van der Waals surface area (Å²) in [7, 11) is 0. The second-order valence-electron chi connectivity index (χ2n) is 6.59. The molecule has 6 nitrogen and oxygen atoms in total. The molecule has 0 aromatic carbocycles. The van der Waals surface area contributed by atoms with Crippen molar-refractivity contribution < 1.29 is 28.5 Å². The van der Waals surface area contributed by atoms with E-state index < -0.39 is 0 Å². The summed E-state index contributed by atoms with van der Waals surface area (Å²) >= 11 is 0. The number of unbranched alkanes of at least 4 members (excludes halogenated alkanes) is 8. The van der Waals surface area contributed by atoms with Crippen molar-refractivity contribution in [2.75, 3.05) is 59.5 Å². The topological polar surface area (TPSA) is 63.2 Å². The fourth-order valence-corrected chi connectivity index (χ4v) is 2.58. The minimum atomic E-state index is -0.324. The molecule has 0 bridgehead atoms. The van der Waals surface area contributed by atoms with E-state index in [1.54, 1.807) is 0 Å². The highest BCUT2D eigenvalue weighted by atomic mass is 16.6. The lowest BCUT2D eigenvalue weighted by molar-refractivity contribution is -0.137. The van der Waals surface area contributed by atoms with Crippen LogP contribution in [0.1, 0.15) is 64.7 Å². The molecule has 0 atom stereocenters. The zero-order valence-corrected chi connectivity index (χ0v) is 18.0. The molecular formula is C22H42O6. The highest BCUT2D eigenvalue weighted by Gasteiger charge is 1.96. The Hall–Kier alpha value is -0.950. The van der Waals surface area contributed by atoms with Crippen LogP contribution in [-0.4, -0.2) is 65.4 Å². The first-order valence-electron chi connectivity index (χ1n) is 10.9. The van der Waals surface area contributed by atoms with Crippen LogP contribution in [0.3, 0.4) is 0 Å². The largest absolute Gasteiger partial charge is 0.463 e. The van der Waals surface area contributed by atoms with Gasteiger partial charge in [-0.3, -0.25) is 0 Å². The lowest BCUT2D eigenvalue weighted by atomic mass is 10.1. The van der Waals surface area contributed by atoms with E-state index in [0.717, 1.165) is 32.5 Å². The summed E-state index contributed by atoms with van der Waals surface area (Å²) in [5.41, 5.74) is 0. The van der Waals surface area contributed by atoms with Crippen molar-refractivity contribution in [2.45, 2.75) is 64.7 Å². The van der Waals surface area contributed by atoms with E-state index in [-0.39, 0.29) is 5.97 Å². The molecule has 0 aromatic heterocycles. The standard InChI is InChI=1S/C22H42O6/c1-3-22(23)28-15-13-11-9-7-5-6-8-10-12-14-25-18-19-27-21-20-26-17-16-24-4-2/h3H,1,4-21H2,2H3. The van der Waals surface area contributed by atoms with E-state index in [1.807, 2.05) is 6.92 Å². The van der Waals surface area contributed by atoms with Crippen LogP contribution in [0.15, 0.2) is 12.7 Å². The highest BCUT2D eigenvalue weighted by molar-refractivity contribution is 5.81. The van der Waals surface area contributed by atoms with Gasteiger partial charge in [-0.05, 0) is 19.8 Å². The Balaban J connectivity index is 3.01. The lowest BCUT2D eigenvalue weighted by Gasteiger charge is -2.07. The molecule has 6 heteroatoms. The number of carbonyl (C=O) groups excluding carboxylic acids is 1. The van der Waals surface area contributed by atoms with Crippen molar-refractivity contribution in [3.05, 3.63) is 12.7 Å². The smallest absolute Gasteiger partial charge is 0.330 e. The Labute approximate surface area is 171 Å². The van der Waals surface area contributed by atoms with Crippen LogP contribution < -0.4 is 0 Å². The minimum absolute atomic E-state index is 0.324. The van der Waals surface area contributed by atoms with Crippen LogP contribution in [0, 0.1) is 0 Å².